The number of aromatic nitrogens is 1. The molecule has 2 heterocycles. The van der Waals surface area contributed by atoms with E-state index in [0.717, 1.165) is 54.1 Å². The average molecular weight is 578 g/mol. The Kier molecular flexibility index (Phi) is 8.66. The lowest BCUT2D eigenvalue weighted by Gasteiger charge is -2.13. The van der Waals surface area contributed by atoms with Crippen LogP contribution in [0.3, 0.4) is 0 Å². The summed E-state index contributed by atoms with van der Waals surface area (Å²) in [5.41, 5.74) is 3.59. The van der Waals surface area contributed by atoms with Gasteiger partial charge < -0.3 is 19.7 Å². The summed E-state index contributed by atoms with van der Waals surface area (Å²) in [4.78, 5) is 30.9. The fraction of sp³-hybridized carbons (Fsp3) is 0.323. The first-order chi connectivity index (χ1) is 19.4. The maximum Gasteiger partial charge on any atom is 0.344 e. The second kappa shape index (κ2) is 12.4. The third-order valence-corrected chi connectivity index (χ3v) is 8.41. The van der Waals surface area contributed by atoms with Crippen LogP contribution in [-0.2, 0) is 27.3 Å². The summed E-state index contributed by atoms with van der Waals surface area (Å²) in [6.45, 7) is 4.19. The first kappa shape index (κ1) is 28.1. The number of hydrogen-bond acceptors (Lipinski definition) is 6. The molecule has 1 fully saturated rings. The first-order valence-corrected chi connectivity index (χ1v) is 14.8. The number of fused-ring (bicyclic) bond motifs is 1. The van der Waals surface area contributed by atoms with Crippen molar-refractivity contribution in [2.24, 2.45) is 4.99 Å². The first-order valence-electron chi connectivity index (χ1n) is 13.6. The smallest absolute Gasteiger partial charge is 0.344 e. The van der Waals surface area contributed by atoms with E-state index < -0.39 is 5.97 Å². The molecule has 1 aliphatic heterocycles. The van der Waals surface area contributed by atoms with Gasteiger partial charge in [0.15, 0.2) is 0 Å². The highest BCUT2D eigenvalue weighted by molar-refractivity contribution is 8.18. The molecule has 0 radical (unpaired) electrons. The molecule has 1 saturated carbocycles. The molecule has 0 unspecified atom stereocenters. The fourth-order valence-electron chi connectivity index (χ4n) is 5.25. The third-order valence-electron chi connectivity index (χ3n) is 7.14. The van der Waals surface area contributed by atoms with Crippen LogP contribution >= 0.6 is 23.4 Å². The summed E-state index contributed by atoms with van der Waals surface area (Å²) >= 11 is 7.22. The number of rotatable bonds is 8. The van der Waals surface area contributed by atoms with Crippen molar-refractivity contribution in [3.05, 3.63) is 81.0 Å². The van der Waals surface area contributed by atoms with Crippen LogP contribution in [0.25, 0.3) is 17.0 Å². The van der Waals surface area contributed by atoms with Crippen molar-refractivity contribution in [3.8, 4) is 0 Å². The number of esters is 1. The topological polar surface area (TPSA) is 92.9 Å². The highest BCUT2D eigenvalue weighted by Crippen LogP contribution is 2.41. The molecule has 7 nitrogen and oxygen atoms in total. The lowest BCUT2D eigenvalue weighted by Crippen LogP contribution is -2.35. The molecule has 1 amide bonds. The number of hydrogen-bond donors (Lipinski definition) is 2. The SMILES string of the molecule is CCOC(=O)C1=C(O)/C(=C/c2cn(CC(=O)NC3CCCC3)c3c(CC)cccc23)SC1=Nc1ccc(Cl)cc1. The largest absolute Gasteiger partial charge is 0.506 e. The van der Waals surface area contributed by atoms with Crippen LogP contribution in [0, 0.1) is 0 Å². The van der Waals surface area contributed by atoms with E-state index >= 15 is 0 Å². The van der Waals surface area contributed by atoms with Crippen molar-refractivity contribution >= 4 is 62.9 Å². The average Bonchev–Trinajstić information content (AvgIpc) is 3.64. The van der Waals surface area contributed by atoms with E-state index in [0.29, 0.717) is 20.7 Å². The minimum atomic E-state index is -0.636. The number of carbonyl (C=O) groups excluding carboxylic acids is 2. The number of aliphatic imine (C=N–C) groups is 1. The van der Waals surface area contributed by atoms with E-state index in [1.807, 2.05) is 29.0 Å². The molecule has 9 heteroatoms. The predicted octanol–water partition coefficient (Wildman–Crippen LogP) is 7.11. The molecule has 1 aromatic heterocycles. The number of benzene rings is 2. The van der Waals surface area contributed by atoms with Crippen LogP contribution in [-0.4, -0.2) is 39.2 Å². The van der Waals surface area contributed by atoms with Gasteiger partial charge in [0.05, 0.1) is 22.7 Å². The summed E-state index contributed by atoms with van der Waals surface area (Å²) in [6.07, 6.45) is 8.96. The third kappa shape index (κ3) is 5.98. The molecular formula is C31H32ClN3O4S. The van der Waals surface area contributed by atoms with Gasteiger partial charge in [0, 0.05) is 28.2 Å². The quantitative estimate of drug-likeness (QED) is 0.278. The molecule has 2 N–H and O–H groups in total. The van der Waals surface area contributed by atoms with Crippen LogP contribution in [0.1, 0.15) is 50.7 Å². The van der Waals surface area contributed by atoms with Crippen molar-refractivity contribution < 1.29 is 19.4 Å². The maximum absolute atomic E-state index is 13.0. The Morgan fingerprint density at radius 2 is 1.93 bits per heavy atom. The normalized spacial score (nSPS) is 17.9. The molecule has 3 aromatic rings. The van der Waals surface area contributed by atoms with Gasteiger partial charge in [-0.25, -0.2) is 9.79 Å². The van der Waals surface area contributed by atoms with Crippen LogP contribution < -0.4 is 5.32 Å². The van der Waals surface area contributed by atoms with E-state index in [1.54, 1.807) is 31.2 Å². The molecule has 2 aliphatic rings. The zero-order valence-corrected chi connectivity index (χ0v) is 24.1. The number of ether oxygens (including phenoxy) is 1. The Morgan fingerprint density at radius 1 is 1.18 bits per heavy atom. The van der Waals surface area contributed by atoms with Gasteiger partial charge in [-0.2, -0.15) is 0 Å². The van der Waals surface area contributed by atoms with Gasteiger partial charge in [-0.1, -0.05) is 61.3 Å². The van der Waals surface area contributed by atoms with E-state index in [1.165, 1.54) is 11.8 Å². The lowest BCUT2D eigenvalue weighted by molar-refractivity contribution is -0.138. The number of aryl methyl sites for hydroxylation is 1. The molecule has 1 aliphatic carbocycles. The number of thioether (sulfide) groups is 1. The Morgan fingerprint density at radius 3 is 2.62 bits per heavy atom. The van der Waals surface area contributed by atoms with Crippen molar-refractivity contribution in [3.63, 3.8) is 0 Å². The van der Waals surface area contributed by atoms with Gasteiger partial charge in [0.25, 0.3) is 0 Å². The molecular weight excluding hydrogens is 546 g/mol. The predicted molar refractivity (Wildman–Crippen MR) is 162 cm³/mol. The molecule has 2 aromatic carbocycles. The van der Waals surface area contributed by atoms with Gasteiger partial charge in [-0.3, -0.25) is 4.79 Å². The Hall–Kier alpha value is -3.49. The zero-order valence-electron chi connectivity index (χ0n) is 22.6. The Bertz CT molecular complexity index is 1530. The van der Waals surface area contributed by atoms with Gasteiger partial charge in [0.2, 0.25) is 5.91 Å². The molecule has 0 saturated heterocycles. The van der Waals surface area contributed by atoms with Gasteiger partial charge in [-0.15, -0.1) is 0 Å². The van der Waals surface area contributed by atoms with E-state index in [2.05, 4.69) is 23.3 Å². The Labute approximate surface area is 243 Å². The number of halogens is 1. The molecule has 0 bridgehead atoms. The Balaban J connectivity index is 1.54. The van der Waals surface area contributed by atoms with Gasteiger partial charge in [0.1, 0.15) is 22.9 Å². The minimum Gasteiger partial charge on any atom is -0.506 e. The minimum absolute atomic E-state index is 0.00567. The highest BCUT2D eigenvalue weighted by Gasteiger charge is 2.33. The maximum atomic E-state index is 13.0. The van der Waals surface area contributed by atoms with Crippen LogP contribution in [0.5, 0.6) is 0 Å². The van der Waals surface area contributed by atoms with Crippen molar-refractivity contribution in [2.75, 3.05) is 6.61 Å². The summed E-state index contributed by atoms with van der Waals surface area (Å²) in [5.74, 6) is -0.820. The number of amides is 1. The summed E-state index contributed by atoms with van der Waals surface area (Å²) in [7, 11) is 0. The number of nitrogens with one attached hydrogen (secondary N) is 1. The molecule has 208 valence electrons. The molecule has 40 heavy (non-hydrogen) atoms. The second-order valence-corrected chi connectivity index (χ2v) is 11.3. The zero-order chi connectivity index (χ0) is 28.2. The van der Waals surface area contributed by atoms with Crippen LogP contribution in [0.2, 0.25) is 5.02 Å². The lowest BCUT2D eigenvalue weighted by atomic mass is 10.1. The van der Waals surface area contributed by atoms with E-state index in [9.17, 15) is 14.7 Å². The number of nitrogens with zero attached hydrogens (tertiary/aromatic N) is 2. The number of carbonyl (C=O) groups is 2. The number of para-hydroxylation sites is 1. The van der Waals surface area contributed by atoms with Crippen molar-refractivity contribution in [1.29, 1.82) is 0 Å². The van der Waals surface area contributed by atoms with E-state index in [4.69, 9.17) is 16.3 Å². The van der Waals surface area contributed by atoms with Crippen molar-refractivity contribution in [1.82, 2.24) is 9.88 Å². The van der Waals surface area contributed by atoms with Crippen LogP contribution in [0.4, 0.5) is 5.69 Å². The fourth-order valence-corrected chi connectivity index (χ4v) is 6.41. The van der Waals surface area contributed by atoms with Gasteiger partial charge >= 0.3 is 5.97 Å². The molecule has 0 atom stereocenters. The molecule has 5 rings (SSSR count). The van der Waals surface area contributed by atoms with Crippen molar-refractivity contribution in [2.45, 2.75) is 58.5 Å². The monoisotopic (exact) mass is 577 g/mol. The molecule has 0 spiro atoms. The van der Waals surface area contributed by atoms with Gasteiger partial charge in [-0.05, 0) is 62.1 Å². The standard InChI is InChI=1S/C31H32ClN3O4S/c1-3-19-8-7-11-24-20(17-35(28(19)24)18-26(36)33-22-9-5-6-10-22)16-25-29(37)27(31(38)39-4-2)30(40-25)34-23-14-12-21(32)13-15-23/h7-8,11-17,22,37H,3-6,9-10,18H2,1-2H3,(H,33,36)/b25-16-,34-30?. The van der Waals surface area contributed by atoms with Crippen LogP contribution in [0.15, 0.2) is 69.9 Å². The number of aliphatic hydroxyl groups is 1. The summed E-state index contributed by atoms with van der Waals surface area (Å²) in [5, 5.41) is 16.3. The van der Waals surface area contributed by atoms with E-state index in [-0.39, 0.29) is 36.4 Å². The number of aliphatic hydroxyl groups excluding tert-OH is 1. The summed E-state index contributed by atoms with van der Waals surface area (Å²) in [6, 6.07) is 13.3. The highest BCUT2D eigenvalue weighted by atomic mass is 35.5. The summed E-state index contributed by atoms with van der Waals surface area (Å²) < 4.78 is 7.22. The second-order valence-electron chi connectivity index (χ2n) is 9.88.